The minimum atomic E-state index is -3.78. The van der Waals surface area contributed by atoms with E-state index in [2.05, 4.69) is 5.32 Å². The number of aryl methyl sites for hydroxylation is 3. The van der Waals surface area contributed by atoms with Crippen LogP contribution in [-0.2, 0) is 32.6 Å². The molecular formula is C29H35N3O4S. The predicted octanol–water partition coefficient (Wildman–Crippen LogP) is 3.76. The number of rotatable bonds is 10. The zero-order valence-corrected chi connectivity index (χ0v) is 22.9. The lowest BCUT2D eigenvalue weighted by atomic mass is 10.0. The van der Waals surface area contributed by atoms with E-state index in [9.17, 15) is 18.0 Å². The summed E-state index contributed by atoms with van der Waals surface area (Å²) in [7, 11) is -2.25. The van der Waals surface area contributed by atoms with Crippen molar-refractivity contribution in [3.8, 4) is 0 Å². The SMILES string of the molecule is CNC(=O)[C@@H](Cc1ccccc1)N(Cc1ccc(C)cc1)C(=O)CN(c1cc(C)cc(C)c1)S(C)(=O)=O. The Hall–Kier alpha value is -3.65. The fourth-order valence-corrected chi connectivity index (χ4v) is 5.15. The van der Waals surface area contributed by atoms with E-state index in [4.69, 9.17) is 0 Å². The molecule has 0 aromatic heterocycles. The first kappa shape index (κ1) is 27.9. The van der Waals surface area contributed by atoms with E-state index in [1.807, 2.05) is 81.4 Å². The Morgan fingerprint density at radius 2 is 1.43 bits per heavy atom. The minimum Gasteiger partial charge on any atom is -0.357 e. The van der Waals surface area contributed by atoms with Gasteiger partial charge >= 0.3 is 0 Å². The molecule has 0 bridgehead atoms. The largest absolute Gasteiger partial charge is 0.357 e. The first-order chi connectivity index (χ1) is 17.5. The summed E-state index contributed by atoms with van der Waals surface area (Å²) < 4.78 is 26.8. The summed E-state index contributed by atoms with van der Waals surface area (Å²) in [6, 6.07) is 21.8. The number of nitrogens with zero attached hydrogens (tertiary/aromatic N) is 2. The van der Waals surface area contributed by atoms with Crippen LogP contribution in [0.2, 0.25) is 0 Å². The Balaban J connectivity index is 2.03. The summed E-state index contributed by atoms with van der Waals surface area (Å²) in [5.41, 5.74) is 5.01. The molecule has 196 valence electrons. The van der Waals surface area contributed by atoms with E-state index < -0.39 is 28.5 Å². The highest BCUT2D eigenvalue weighted by Gasteiger charge is 2.32. The van der Waals surface area contributed by atoms with Crippen LogP contribution in [0, 0.1) is 20.8 Å². The molecule has 3 rings (SSSR count). The average molecular weight is 522 g/mol. The summed E-state index contributed by atoms with van der Waals surface area (Å²) in [6.07, 6.45) is 1.38. The second kappa shape index (κ2) is 12.1. The molecule has 0 heterocycles. The molecule has 1 atom stereocenters. The Morgan fingerprint density at radius 1 is 0.838 bits per heavy atom. The number of likely N-dealkylation sites (N-methyl/N-ethyl adjacent to an activating group) is 1. The maximum absolute atomic E-state index is 13.9. The molecular weight excluding hydrogens is 486 g/mol. The second-order valence-corrected chi connectivity index (χ2v) is 11.3. The molecule has 0 aliphatic carbocycles. The topological polar surface area (TPSA) is 86.8 Å². The molecule has 3 aromatic carbocycles. The molecule has 0 aliphatic heterocycles. The van der Waals surface area contributed by atoms with Gasteiger partial charge in [0.25, 0.3) is 0 Å². The summed E-state index contributed by atoms with van der Waals surface area (Å²) in [5.74, 6) is -0.781. The minimum absolute atomic E-state index is 0.161. The van der Waals surface area contributed by atoms with Gasteiger partial charge in [0, 0.05) is 20.0 Å². The summed E-state index contributed by atoms with van der Waals surface area (Å²) in [6.45, 7) is 5.47. The Kier molecular flexibility index (Phi) is 9.10. The Bertz CT molecular complexity index is 1320. The zero-order valence-electron chi connectivity index (χ0n) is 22.1. The number of hydrogen-bond acceptors (Lipinski definition) is 4. The van der Waals surface area contributed by atoms with Gasteiger partial charge in [-0.05, 0) is 55.2 Å². The van der Waals surface area contributed by atoms with Gasteiger partial charge in [0.15, 0.2) is 0 Å². The molecule has 0 unspecified atom stereocenters. The molecule has 7 nitrogen and oxygen atoms in total. The summed E-state index contributed by atoms with van der Waals surface area (Å²) in [5, 5.41) is 2.68. The van der Waals surface area contributed by atoms with Crippen molar-refractivity contribution in [3.05, 3.63) is 101 Å². The highest BCUT2D eigenvalue weighted by atomic mass is 32.2. The number of sulfonamides is 1. The van der Waals surface area contributed by atoms with Gasteiger partial charge in [0.1, 0.15) is 12.6 Å². The lowest BCUT2D eigenvalue weighted by Gasteiger charge is -2.33. The quantitative estimate of drug-likeness (QED) is 0.440. The predicted molar refractivity (Wildman–Crippen MR) is 148 cm³/mol. The molecule has 0 saturated heterocycles. The van der Waals surface area contributed by atoms with Gasteiger partial charge in [-0.25, -0.2) is 8.42 Å². The smallest absolute Gasteiger partial charge is 0.244 e. The Morgan fingerprint density at radius 3 is 1.97 bits per heavy atom. The summed E-state index contributed by atoms with van der Waals surface area (Å²) in [4.78, 5) is 28.5. The van der Waals surface area contributed by atoms with Crippen LogP contribution in [0.1, 0.15) is 27.8 Å². The third kappa shape index (κ3) is 7.67. The number of carbonyl (C=O) groups is 2. The molecule has 3 aromatic rings. The van der Waals surface area contributed by atoms with Crippen molar-refractivity contribution in [2.75, 3.05) is 24.2 Å². The van der Waals surface area contributed by atoms with Crippen LogP contribution in [0.15, 0.2) is 72.8 Å². The van der Waals surface area contributed by atoms with Gasteiger partial charge in [0.2, 0.25) is 21.8 Å². The number of amides is 2. The van der Waals surface area contributed by atoms with Crippen LogP contribution in [-0.4, -0.2) is 51.0 Å². The zero-order chi connectivity index (χ0) is 27.2. The molecule has 2 amide bonds. The molecule has 0 fully saturated rings. The van der Waals surface area contributed by atoms with Crippen molar-refractivity contribution >= 4 is 27.5 Å². The maximum atomic E-state index is 13.9. The van der Waals surface area contributed by atoms with Crippen LogP contribution in [0.25, 0.3) is 0 Å². The van der Waals surface area contributed by atoms with E-state index in [0.29, 0.717) is 12.1 Å². The fourth-order valence-electron chi connectivity index (χ4n) is 4.32. The molecule has 1 N–H and O–H groups in total. The molecule has 0 radical (unpaired) electrons. The first-order valence-electron chi connectivity index (χ1n) is 12.1. The number of nitrogens with one attached hydrogen (secondary N) is 1. The van der Waals surface area contributed by atoms with Crippen LogP contribution in [0.3, 0.4) is 0 Å². The van der Waals surface area contributed by atoms with Crippen molar-refractivity contribution in [2.45, 2.75) is 39.8 Å². The molecule has 0 spiro atoms. The van der Waals surface area contributed by atoms with Crippen molar-refractivity contribution in [2.24, 2.45) is 0 Å². The van der Waals surface area contributed by atoms with Crippen LogP contribution in [0.5, 0.6) is 0 Å². The standard InChI is InChI=1S/C29H35N3O4S/c1-21-11-13-25(14-12-21)19-31(27(29(34)30-4)18-24-9-7-6-8-10-24)28(33)20-32(37(5,35)36)26-16-22(2)15-23(3)17-26/h6-17,27H,18-20H2,1-5H3,(H,30,34)/t27-/m1/s1. The molecule has 0 aliphatic rings. The summed E-state index contributed by atoms with van der Waals surface area (Å²) >= 11 is 0. The molecule has 37 heavy (non-hydrogen) atoms. The van der Waals surface area contributed by atoms with E-state index in [-0.39, 0.29) is 12.5 Å². The Labute approximate surface area is 220 Å². The highest BCUT2D eigenvalue weighted by Crippen LogP contribution is 2.23. The van der Waals surface area contributed by atoms with Crippen LogP contribution in [0.4, 0.5) is 5.69 Å². The number of carbonyl (C=O) groups excluding carboxylic acids is 2. The monoisotopic (exact) mass is 521 g/mol. The van der Waals surface area contributed by atoms with E-state index in [1.165, 1.54) is 11.9 Å². The third-order valence-electron chi connectivity index (χ3n) is 6.16. The van der Waals surface area contributed by atoms with E-state index in [0.717, 1.165) is 38.4 Å². The van der Waals surface area contributed by atoms with Crippen molar-refractivity contribution in [1.82, 2.24) is 10.2 Å². The highest BCUT2D eigenvalue weighted by molar-refractivity contribution is 7.92. The van der Waals surface area contributed by atoms with Gasteiger partial charge in [-0.1, -0.05) is 66.2 Å². The van der Waals surface area contributed by atoms with Gasteiger partial charge < -0.3 is 10.2 Å². The third-order valence-corrected chi connectivity index (χ3v) is 7.31. The lowest BCUT2D eigenvalue weighted by molar-refractivity contribution is -0.139. The van der Waals surface area contributed by atoms with E-state index >= 15 is 0 Å². The first-order valence-corrected chi connectivity index (χ1v) is 14.0. The van der Waals surface area contributed by atoms with E-state index in [1.54, 1.807) is 12.1 Å². The van der Waals surface area contributed by atoms with Crippen molar-refractivity contribution < 1.29 is 18.0 Å². The lowest BCUT2D eigenvalue weighted by Crippen LogP contribution is -2.52. The second-order valence-electron chi connectivity index (χ2n) is 9.44. The van der Waals surface area contributed by atoms with Gasteiger partial charge in [-0.2, -0.15) is 0 Å². The molecule has 0 saturated carbocycles. The maximum Gasteiger partial charge on any atom is 0.244 e. The van der Waals surface area contributed by atoms with Gasteiger partial charge in [0.05, 0.1) is 11.9 Å². The van der Waals surface area contributed by atoms with Crippen molar-refractivity contribution in [3.63, 3.8) is 0 Å². The van der Waals surface area contributed by atoms with Gasteiger partial charge in [-0.15, -0.1) is 0 Å². The normalized spacial score (nSPS) is 12.0. The molecule has 8 heteroatoms. The number of hydrogen-bond donors (Lipinski definition) is 1. The fraction of sp³-hybridized carbons (Fsp3) is 0.310. The number of benzene rings is 3. The van der Waals surface area contributed by atoms with Crippen LogP contribution < -0.4 is 9.62 Å². The van der Waals surface area contributed by atoms with Gasteiger partial charge in [-0.3, -0.25) is 13.9 Å². The average Bonchev–Trinajstić information content (AvgIpc) is 2.84. The number of anilines is 1. The van der Waals surface area contributed by atoms with Crippen molar-refractivity contribution in [1.29, 1.82) is 0 Å². The van der Waals surface area contributed by atoms with Crippen LogP contribution >= 0.6 is 0 Å².